The lowest BCUT2D eigenvalue weighted by Crippen LogP contribution is -2.42. The lowest BCUT2D eigenvalue weighted by Gasteiger charge is -2.32. The molecule has 26 heavy (non-hydrogen) atoms. The Bertz CT molecular complexity index is 715. The molecule has 1 saturated heterocycles. The van der Waals surface area contributed by atoms with Gasteiger partial charge in [-0.2, -0.15) is 13.2 Å². The second kappa shape index (κ2) is 7.58. The van der Waals surface area contributed by atoms with Crippen LogP contribution in [0.3, 0.4) is 0 Å². The van der Waals surface area contributed by atoms with Crippen molar-refractivity contribution in [3.63, 3.8) is 0 Å². The van der Waals surface area contributed by atoms with Gasteiger partial charge in [0.05, 0.1) is 10.5 Å². The summed E-state index contributed by atoms with van der Waals surface area (Å²) < 4.78 is 38.3. The van der Waals surface area contributed by atoms with Gasteiger partial charge in [0, 0.05) is 25.1 Å². The monoisotopic (exact) mass is 375 g/mol. The molecule has 0 saturated carbocycles. The quantitative estimate of drug-likeness (QED) is 0.601. The average molecular weight is 375 g/mol. The van der Waals surface area contributed by atoms with E-state index in [-0.39, 0.29) is 18.8 Å². The van der Waals surface area contributed by atoms with E-state index in [1.165, 1.54) is 0 Å². The fraction of sp³-hybridized carbons (Fsp3) is 0.467. The number of nitrogens with one attached hydrogen (secondary N) is 1. The van der Waals surface area contributed by atoms with Gasteiger partial charge in [0.2, 0.25) is 5.91 Å². The van der Waals surface area contributed by atoms with E-state index in [0.717, 1.165) is 12.1 Å². The van der Waals surface area contributed by atoms with Crippen LogP contribution in [0.15, 0.2) is 18.2 Å². The van der Waals surface area contributed by atoms with E-state index >= 15 is 0 Å². The minimum atomic E-state index is -4.68. The molecule has 2 N–H and O–H groups in total. The fourth-order valence-electron chi connectivity index (χ4n) is 2.80. The number of carboxylic acid groups (broad SMARTS) is 1. The van der Waals surface area contributed by atoms with Gasteiger partial charge in [-0.05, 0) is 25.0 Å². The Morgan fingerprint density at radius 2 is 1.92 bits per heavy atom. The molecule has 11 heteroatoms. The summed E-state index contributed by atoms with van der Waals surface area (Å²) >= 11 is 0. The van der Waals surface area contributed by atoms with E-state index in [1.54, 1.807) is 4.90 Å². The lowest BCUT2D eigenvalue weighted by molar-refractivity contribution is -0.384. The zero-order valence-electron chi connectivity index (χ0n) is 13.5. The molecule has 0 aromatic heterocycles. The number of anilines is 1. The van der Waals surface area contributed by atoms with Crippen LogP contribution in [0.1, 0.15) is 18.4 Å². The van der Waals surface area contributed by atoms with Crippen molar-refractivity contribution in [1.82, 2.24) is 5.32 Å². The van der Waals surface area contributed by atoms with E-state index in [0.29, 0.717) is 18.9 Å². The molecule has 2 rings (SSSR count). The van der Waals surface area contributed by atoms with Gasteiger partial charge < -0.3 is 15.3 Å². The first-order chi connectivity index (χ1) is 12.1. The number of rotatable bonds is 5. The van der Waals surface area contributed by atoms with Gasteiger partial charge in [-0.3, -0.25) is 19.7 Å². The molecule has 1 fully saturated rings. The maximum atomic E-state index is 12.8. The van der Waals surface area contributed by atoms with Crippen LogP contribution in [-0.4, -0.2) is 41.5 Å². The number of carbonyl (C=O) groups excluding carboxylic acids is 1. The van der Waals surface area contributed by atoms with Crippen LogP contribution in [0.4, 0.5) is 24.5 Å². The van der Waals surface area contributed by atoms with Gasteiger partial charge >= 0.3 is 12.1 Å². The number of amides is 1. The normalized spacial score (nSPS) is 15.6. The zero-order chi connectivity index (χ0) is 19.5. The Hall–Kier alpha value is -2.85. The third kappa shape index (κ3) is 4.61. The summed E-state index contributed by atoms with van der Waals surface area (Å²) in [5.41, 5.74) is -1.68. The Labute approximate surface area is 145 Å². The molecule has 8 nitrogen and oxygen atoms in total. The SMILES string of the molecule is O=C(O)CNC(=O)C1CCN(c2ccc(C(F)(F)F)cc2[N+](=O)[O-])CC1. The molecule has 1 aromatic carbocycles. The summed E-state index contributed by atoms with van der Waals surface area (Å²) in [6, 6.07) is 2.35. The second-order valence-electron chi connectivity index (χ2n) is 5.83. The number of benzene rings is 1. The smallest absolute Gasteiger partial charge is 0.416 e. The number of hydrogen-bond donors (Lipinski definition) is 2. The molecule has 0 spiro atoms. The number of halogens is 3. The van der Waals surface area contributed by atoms with Crippen LogP contribution in [0, 0.1) is 16.0 Å². The molecule has 0 aliphatic carbocycles. The minimum absolute atomic E-state index is 0.0624. The molecule has 142 valence electrons. The van der Waals surface area contributed by atoms with Gasteiger partial charge in [-0.25, -0.2) is 0 Å². The number of hydrogen-bond acceptors (Lipinski definition) is 5. The van der Waals surface area contributed by atoms with Crippen molar-refractivity contribution in [2.45, 2.75) is 19.0 Å². The summed E-state index contributed by atoms with van der Waals surface area (Å²) in [4.78, 5) is 34.2. The molecule has 1 aromatic rings. The molecule has 1 aliphatic heterocycles. The van der Waals surface area contributed by atoms with Crippen molar-refractivity contribution < 1.29 is 32.8 Å². The third-order valence-corrected chi connectivity index (χ3v) is 4.12. The first kappa shape index (κ1) is 19.5. The summed E-state index contributed by atoms with van der Waals surface area (Å²) in [6.45, 7) is -0.0296. The molecule has 1 aliphatic rings. The van der Waals surface area contributed by atoms with Gasteiger partial charge in [0.25, 0.3) is 5.69 Å². The summed E-state index contributed by atoms with van der Waals surface area (Å²) in [7, 11) is 0. The summed E-state index contributed by atoms with van der Waals surface area (Å²) in [6.07, 6.45) is -4.06. The maximum absolute atomic E-state index is 12.8. The molecule has 0 bridgehead atoms. The van der Waals surface area contributed by atoms with E-state index in [9.17, 15) is 32.9 Å². The van der Waals surface area contributed by atoms with Crippen LogP contribution < -0.4 is 10.2 Å². The van der Waals surface area contributed by atoms with E-state index in [4.69, 9.17) is 5.11 Å². The number of nitro benzene ring substituents is 1. The second-order valence-corrected chi connectivity index (χ2v) is 5.83. The summed E-state index contributed by atoms with van der Waals surface area (Å²) in [5.74, 6) is -2.04. The predicted octanol–water partition coefficient (Wildman–Crippen LogP) is 2.03. The van der Waals surface area contributed by atoms with Crippen LogP contribution in [0.5, 0.6) is 0 Å². The highest BCUT2D eigenvalue weighted by Gasteiger charge is 2.34. The first-order valence-electron chi connectivity index (χ1n) is 7.69. The zero-order valence-corrected chi connectivity index (χ0v) is 13.5. The van der Waals surface area contributed by atoms with Crippen molar-refractivity contribution in [2.24, 2.45) is 5.92 Å². The van der Waals surface area contributed by atoms with Crippen molar-refractivity contribution >= 4 is 23.3 Å². The number of aliphatic carboxylic acids is 1. The molecule has 0 radical (unpaired) electrons. The number of piperidine rings is 1. The predicted molar refractivity (Wildman–Crippen MR) is 83.7 cm³/mol. The maximum Gasteiger partial charge on any atom is 0.416 e. The standard InChI is InChI=1S/C15H16F3N3O5/c16-15(17,18)10-1-2-11(12(7-10)21(25)26)20-5-3-9(4-6-20)14(24)19-8-13(22)23/h1-2,7,9H,3-6,8H2,(H,19,24)(H,22,23). The molecule has 0 unspecified atom stereocenters. The van der Waals surface area contributed by atoms with Crippen LogP contribution in [-0.2, 0) is 15.8 Å². The Balaban J connectivity index is 2.10. The van der Waals surface area contributed by atoms with Gasteiger partial charge in [-0.1, -0.05) is 0 Å². The number of carbonyl (C=O) groups is 2. The first-order valence-corrected chi connectivity index (χ1v) is 7.69. The van der Waals surface area contributed by atoms with Crippen molar-refractivity contribution in [3.8, 4) is 0 Å². The highest BCUT2D eigenvalue weighted by Crippen LogP contribution is 2.37. The molecule has 0 atom stereocenters. The van der Waals surface area contributed by atoms with E-state index in [2.05, 4.69) is 5.32 Å². The lowest BCUT2D eigenvalue weighted by atomic mass is 9.95. The topological polar surface area (TPSA) is 113 Å². The Kier molecular flexibility index (Phi) is 5.68. The molecule has 1 amide bonds. The Morgan fingerprint density at radius 1 is 1.31 bits per heavy atom. The summed E-state index contributed by atoms with van der Waals surface area (Å²) in [5, 5.41) is 22.0. The number of carboxylic acids is 1. The van der Waals surface area contributed by atoms with Gasteiger partial charge in [-0.15, -0.1) is 0 Å². The number of alkyl halides is 3. The average Bonchev–Trinajstić information content (AvgIpc) is 2.58. The number of nitro groups is 1. The van der Waals surface area contributed by atoms with Crippen molar-refractivity contribution in [2.75, 3.05) is 24.5 Å². The highest BCUT2D eigenvalue weighted by molar-refractivity contribution is 5.83. The van der Waals surface area contributed by atoms with Gasteiger partial charge in [0.1, 0.15) is 12.2 Å². The van der Waals surface area contributed by atoms with Crippen LogP contribution in [0.2, 0.25) is 0 Å². The Morgan fingerprint density at radius 3 is 2.42 bits per heavy atom. The molecular formula is C15H16F3N3O5. The van der Waals surface area contributed by atoms with Crippen molar-refractivity contribution in [1.29, 1.82) is 0 Å². The largest absolute Gasteiger partial charge is 0.480 e. The van der Waals surface area contributed by atoms with E-state index < -0.39 is 46.7 Å². The van der Waals surface area contributed by atoms with Crippen LogP contribution >= 0.6 is 0 Å². The van der Waals surface area contributed by atoms with Crippen molar-refractivity contribution in [3.05, 3.63) is 33.9 Å². The van der Waals surface area contributed by atoms with E-state index in [1.807, 2.05) is 0 Å². The third-order valence-electron chi connectivity index (χ3n) is 4.12. The van der Waals surface area contributed by atoms with Gasteiger partial charge in [0.15, 0.2) is 0 Å². The highest BCUT2D eigenvalue weighted by atomic mass is 19.4. The van der Waals surface area contributed by atoms with Crippen LogP contribution in [0.25, 0.3) is 0 Å². The molecular weight excluding hydrogens is 359 g/mol. The molecule has 1 heterocycles. The minimum Gasteiger partial charge on any atom is -0.480 e. The fourth-order valence-corrected chi connectivity index (χ4v) is 2.80. The number of nitrogens with zero attached hydrogens (tertiary/aromatic N) is 2.